The summed E-state index contributed by atoms with van der Waals surface area (Å²) in [6.45, 7) is 2.71. The zero-order valence-corrected chi connectivity index (χ0v) is 17.3. The van der Waals surface area contributed by atoms with Gasteiger partial charge in [0, 0.05) is 19.3 Å². The van der Waals surface area contributed by atoms with Gasteiger partial charge in [0.05, 0.1) is 17.8 Å². The van der Waals surface area contributed by atoms with Crippen molar-refractivity contribution in [1.29, 1.82) is 0 Å². The Bertz CT molecular complexity index is 1140. The topological polar surface area (TPSA) is 169 Å². The average Bonchev–Trinajstić information content (AvgIpc) is 3.29. The molecule has 1 saturated heterocycles. The highest BCUT2D eigenvalue weighted by molar-refractivity contribution is 5.99. The quantitative estimate of drug-likeness (QED) is 0.467. The van der Waals surface area contributed by atoms with Gasteiger partial charge >= 0.3 is 5.97 Å². The first-order valence-electron chi connectivity index (χ1n) is 10.1. The van der Waals surface area contributed by atoms with Crippen molar-refractivity contribution in [2.45, 2.75) is 25.9 Å². The van der Waals surface area contributed by atoms with Crippen molar-refractivity contribution >= 4 is 40.6 Å². The van der Waals surface area contributed by atoms with E-state index in [2.05, 4.69) is 30.2 Å². The summed E-state index contributed by atoms with van der Waals surface area (Å²) < 4.78 is 5.39. The van der Waals surface area contributed by atoms with Gasteiger partial charge in [0.2, 0.25) is 5.91 Å². The number of nitrogens with two attached hydrogens (primary N) is 1. The molecular weight excluding hydrogens is 416 g/mol. The lowest BCUT2D eigenvalue weighted by atomic mass is 9.97. The highest BCUT2D eigenvalue weighted by atomic mass is 16.5. The molecule has 4 N–H and O–H groups in total. The van der Waals surface area contributed by atoms with Gasteiger partial charge < -0.3 is 25.7 Å². The molecular formula is C20H22N8O4. The number of amides is 2. The molecule has 0 aromatic carbocycles. The standard InChI is InChI=1S/C20H22N8O4/c1-11(19(30)27-18-15-17(24-9-23-15)25-10-26-18)32-20(31)12-4-6-28(7-5-12)14-3-2-13(8-22-14)16(21)29/h2-3,8-12H,4-7H2,1H3,(H2,21,29)(H2,23,24,25,26,27,30)/t11-/m0/s1. The van der Waals surface area contributed by atoms with E-state index in [-0.39, 0.29) is 11.7 Å². The van der Waals surface area contributed by atoms with E-state index in [4.69, 9.17) is 10.5 Å². The monoisotopic (exact) mass is 438 g/mol. The van der Waals surface area contributed by atoms with Crippen LogP contribution in [0.4, 0.5) is 11.6 Å². The molecule has 2 amide bonds. The minimum absolute atomic E-state index is 0.267. The van der Waals surface area contributed by atoms with E-state index in [1.165, 1.54) is 25.8 Å². The maximum atomic E-state index is 12.6. The number of ether oxygens (including phenoxy) is 1. The van der Waals surface area contributed by atoms with Crippen LogP contribution in [0.25, 0.3) is 11.2 Å². The Morgan fingerprint density at radius 2 is 1.97 bits per heavy atom. The lowest BCUT2D eigenvalue weighted by Crippen LogP contribution is -2.39. The number of fused-ring (bicyclic) bond motifs is 1. The number of primary amides is 1. The predicted molar refractivity (Wildman–Crippen MR) is 114 cm³/mol. The molecule has 0 radical (unpaired) electrons. The molecule has 4 rings (SSSR count). The number of pyridine rings is 1. The number of anilines is 2. The summed E-state index contributed by atoms with van der Waals surface area (Å²) in [5, 5.41) is 2.63. The van der Waals surface area contributed by atoms with E-state index in [0.29, 0.717) is 48.5 Å². The van der Waals surface area contributed by atoms with Crippen molar-refractivity contribution in [2.75, 3.05) is 23.3 Å². The zero-order chi connectivity index (χ0) is 22.7. The highest BCUT2D eigenvalue weighted by Gasteiger charge is 2.29. The first-order chi connectivity index (χ1) is 15.4. The minimum Gasteiger partial charge on any atom is -0.452 e. The van der Waals surface area contributed by atoms with E-state index in [1.807, 2.05) is 4.90 Å². The van der Waals surface area contributed by atoms with Crippen LogP contribution >= 0.6 is 0 Å². The molecule has 0 aliphatic carbocycles. The predicted octanol–water partition coefficient (Wildman–Crippen LogP) is 0.634. The molecule has 4 heterocycles. The second-order valence-electron chi connectivity index (χ2n) is 7.42. The number of imidazole rings is 1. The fourth-order valence-corrected chi connectivity index (χ4v) is 3.47. The normalized spacial score (nSPS) is 15.3. The van der Waals surface area contributed by atoms with Crippen molar-refractivity contribution in [3.05, 3.63) is 36.5 Å². The largest absolute Gasteiger partial charge is 0.452 e. The Morgan fingerprint density at radius 3 is 2.66 bits per heavy atom. The van der Waals surface area contributed by atoms with E-state index in [9.17, 15) is 14.4 Å². The van der Waals surface area contributed by atoms with Gasteiger partial charge in [-0.15, -0.1) is 0 Å². The molecule has 1 aliphatic rings. The number of hydrogen-bond donors (Lipinski definition) is 3. The van der Waals surface area contributed by atoms with E-state index < -0.39 is 23.9 Å². The van der Waals surface area contributed by atoms with Crippen LogP contribution in [0.5, 0.6) is 0 Å². The lowest BCUT2D eigenvalue weighted by Gasteiger charge is -2.32. The molecule has 12 heteroatoms. The molecule has 1 aliphatic heterocycles. The Morgan fingerprint density at radius 1 is 1.19 bits per heavy atom. The van der Waals surface area contributed by atoms with Crippen molar-refractivity contribution in [3.63, 3.8) is 0 Å². The number of piperidine rings is 1. The third-order valence-electron chi connectivity index (χ3n) is 5.31. The van der Waals surface area contributed by atoms with Gasteiger partial charge in [-0.05, 0) is 31.9 Å². The van der Waals surface area contributed by atoms with Gasteiger partial charge in [-0.2, -0.15) is 0 Å². The Labute approximate surface area is 182 Å². The number of hydrogen-bond acceptors (Lipinski definition) is 9. The summed E-state index contributed by atoms with van der Waals surface area (Å²) in [6, 6.07) is 3.36. The van der Waals surface area contributed by atoms with Crippen molar-refractivity contribution in [1.82, 2.24) is 24.9 Å². The van der Waals surface area contributed by atoms with E-state index >= 15 is 0 Å². The maximum absolute atomic E-state index is 12.6. The van der Waals surface area contributed by atoms with Crippen molar-refractivity contribution < 1.29 is 19.1 Å². The lowest BCUT2D eigenvalue weighted by molar-refractivity contribution is -0.158. The van der Waals surface area contributed by atoms with Gasteiger partial charge in [-0.1, -0.05) is 0 Å². The number of carbonyl (C=O) groups is 3. The van der Waals surface area contributed by atoms with Crippen LogP contribution in [0.3, 0.4) is 0 Å². The summed E-state index contributed by atoms with van der Waals surface area (Å²) in [5.41, 5.74) is 6.49. The fraction of sp³-hybridized carbons (Fsp3) is 0.350. The molecule has 0 unspecified atom stereocenters. The third-order valence-corrected chi connectivity index (χ3v) is 5.31. The molecule has 32 heavy (non-hydrogen) atoms. The van der Waals surface area contributed by atoms with Crippen LogP contribution in [0.1, 0.15) is 30.1 Å². The van der Waals surface area contributed by atoms with Crippen LogP contribution in [0, 0.1) is 5.92 Å². The summed E-state index contributed by atoms with van der Waals surface area (Å²) in [5.74, 6) is -0.780. The van der Waals surface area contributed by atoms with Gasteiger partial charge in [0.25, 0.3) is 5.91 Å². The first kappa shape index (κ1) is 21.2. The number of aromatic amines is 1. The number of esters is 1. The number of aromatic nitrogens is 5. The van der Waals surface area contributed by atoms with Crippen LogP contribution in [-0.4, -0.2) is 61.9 Å². The van der Waals surface area contributed by atoms with Gasteiger partial charge in [0.1, 0.15) is 17.7 Å². The third kappa shape index (κ3) is 4.48. The second kappa shape index (κ2) is 8.96. The molecule has 12 nitrogen and oxygen atoms in total. The zero-order valence-electron chi connectivity index (χ0n) is 17.3. The Hall–Kier alpha value is -4.09. The molecule has 0 bridgehead atoms. The van der Waals surface area contributed by atoms with Gasteiger partial charge in [0.15, 0.2) is 17.6 Å². The first-order valence-corrected chi connectivity index (χ1v) is 10.1. The SMILES string of the molecule is C[C@H](OC(=O)C1CCN(c2ccc(C(N)=O)cn2)CC1)C(=O)Nc1ncnc2nc[nH]c12. The smallest absolute Gasteiger partial charge is 0.309 e. The number of nitrogens with zero attached hydrogens (tertiary/aromatic N) is 5. The number of carbonyl (C=O) groups excluding carboxylic acids is 3. The Kier molecular flexibility index (Phi) is 5.92. The fourth-order valence-electron chi connectivity index (χ4n) is 3.47. The molecule has 3 aromatic rings. The van der Waals surface area contributed by atoms with Crippen molar-refractivity contribution in [3.8, 4) is 0 Å². The summed E-state index contributed by atoms with van der Waals surface area (Å²) in [4.78, 5) is 57.4. The molecule has 0 spiro atoms. The van der Waals surface area contributed by atoms with E-state index in [0.717, 1.165) is 0 Å². The van der Waals surface area contributed by atoms with Gasteiger partial charge in [-0.25, -0.2) is 19.9 Å². The molecule has 166 valence electrons. The Balaban J connectivity index is 1.29. The maximum Gasteiger partial charge on any atom is 0.309 e. The van der Waals surface area contributed by atoms with Crippen molar-refractivity contribution in [2.24, 2.45) is 11.7 Å². The summed E-state index contributed by atoms with van der Waals surface area (Å²) >= 11 is 0. The number of nitrogens with one attached hydrogen (secondary N) is 2. The van der Waals surface area contributed by atoms with Crippen LogP contribution in [0.2, 0.25) is 0 Å². The highest BCUT2D eigenvalue weighted by Crippen LogP contribution is 2.23. The second-order valence-corrected chi connectivity index (χ2v) is 7.42. The van der Waals surface area contributed by atoms with Crippen LogP contribution < -0.4 is 16.0 Å². The van der Waals surface area contributed by atoms with Crippen LogP contribution in [-0.2, 0) is 14.3 Å². The minimum atomic E-state index is -0.989. The molecule has 3 aromatic heterocycles. The number of rotatable bonds is 6. The molecule has 0 saturated carbocycles. The van der Waals surface area contributed by atoms with Gasteiger partial charge in [-0.3, -0.25) is 14.4 Å². The summed E-state index contributed by atoms with van der Waals surface area (Å²) in [6.07, 6.45) is 4.32. The summed E-state index contributed by atoms with van der Waals surface area (Å²) in [7, 11) is 0. The molecule has 1 atom stereocenters. The van der Waals surface area contributed by atoms with Crippen LogP contribution in [0.15, 0.2) is 31.0 Å². The van der Waals surface area contributed by atoms with E-state index in [1.54, 1.807) is 12.1 Å². The molecule has 1 fully saturated rings. The number of H-pyrrole nitrogens is 1. The average molecular weight is 438 g/mol.